The van der Waals surface area contributed by atoms with Gasteiger partial charge in [-0.15, -0.1) is 0 Å². The fourth-order valence-electron chi connectivity index (χ4n) is 2.07. The summed E-state index contributed by atoms with van der Waals surface area (Å²) < 4.78 is 39.7. The predicted octanol–water partition coefficient (Wildman–Crippen LogP) is 3.87. The van der Waals surface area contributed by atoms with Crippen molar-refractivity contribution in [1.82, 2.24) is 0 Å². The van der Waals surface area contributed by atoms with E-state index in [9.17, 15) is 13.2 Å². The van der Waals surface area contributed by atoms with Gasteiger partial charge in [0, 0.05) is 17.1 Å². The molecule has 0 saturated heterocycles. The first-order valence-corrected chi connectivity index (χ1v) is 6.46. The highest BCUT2D eigenvalue weighted by molar-refractivity contribution is 6.30. The van der Waals surface area contributed by atoms with Crippen LogP contribution in [0.25, 0.3) is 0 Å². The maximum absolute atomic E-state index is 13.6. The summed E-state index contributed by atoms with van der Waals surface area (Å²) in [6.07, 6.45) is 0.526. The lowest BCUT2D eigenvalue weighted by molar-refractivity contribution is 0.567. The van der Waals surface area contributed by atoms with Crippen LogP contribution in [0.15, 0.2) is 36.4 Å². The molecule has 0 heterocycles. The summed E-state index contributed by atoms with van der Waals surface area (Å²) in [7, 11) is 0. The standard InChI is InChI=1S/C15H13ClF3N/c16-11-2-1-10(15(19)7-11)6-14(20)5-9-3-12(17)8-13(18)4-9/h1-4,7-8,14H,5-6,20H2. The predicted molar refractivity (Wildman–Crippen MR) is 73.2 cm³/mol. The van der Waals surface area contributed by atoms with Crippen molar-refractivity contribution in [3.8, 4) is 0 Å². The molecule has 0 saturated carbocycles. The summed E-state index contributed by atoms with van der Waals surface area (Å²) in [5.41, 5.74) is 6.78. The van der Waals surface area contributed by atoms with Crippen LogP contribution in [0.3, 0.4) is 0 Å². The summed E-state index contributed by atoms with van der Waals surface area (Å²) in [6.45, 7) is 0. The molecule has 20 heavy (non-hydrogen) atoms. The van der Waals surface area contributed by atoms with Crippen LogP contribution < -0.4 is 5.73 Å². The molecular formula is C15H13ClF3N. The molecule has 2 aromatic rings. The number of rotatable bonds is 4. The van der Waals surface area contributed by atoms with Crippen LogP contribution in [0.1, 0.15) is 11.1 Å². The molecule has 2 aromatic carbocycles. The van der Waals surface area contributed by atoms with Crippen LogP contribution in [0.2, 0.25) is 5.02 Å². The Balaban J connectivity index is 2.06. The van der Waals surface area contributed by atoms with Crippen molar-refractivity contribution in [2.45, 2.75) is 18.9 Å². The monoisotopic (exact) mass is 299 g/mol. The topological polar surface area (TPSA) is 26.0 Å². The van der Waals surface area contributed by atoms with Crippen molar-refractivity contribution < 1.29 is 13.2 Å². The van der Waals surface area contributed by atoms with Gasteiger partial charge in [-0.2, -0.15) is 0 Å². The minimum atomic E-state index is -0.648. The Kier molecular flexibility index (Phi) is 4.68. The molecule has 0 spiro atoms. The summed E-state index contributed by atoms with van der Waals surface area (Å²) in [6, 6.07) is 7.16. The molecular weight excluding hydrogens is 287 g/mol. The van der Waals surface area contributed by atoms with E-state index in [4.69, 9.17) is 17.3 Å². The molecule has 0 bridgehead atoms. The Morgan fingerprint density at radius 1 is 0.950 bits per heavy atom. The van der Waals surface area contributed by atoms with E-state index in [0.717, 1.165) is 6.07 Å². The number of halogens is 4. The number of nitrogens with two attached hydrogens (primary N) is 1. The number of hydrogen-bond donors (Lipinski definition) is 1. The quantitative estimate of drug-likeness (QED) is 0.911. The van der Waals surface area contributed by atoms with E-state index in [0.29, 0.717) is 16.1 Å². The van der Waals surface area contributed by atoms with Crippen molar-refractivity contribution >= 4 is 11.6 Å². The smallest absolute Gasteiger partial charge is 0.127 e. The Bertz CT molecular complexity index is 596. The molecule has 2 N–H and O–H groups in total. The maximum atomic E-state index is 13.6. The van der Waals surface area contributed by atoms with Crippen molar-refractivity contribution in [2.24, 2.45) is 5.73 Å². The summed E-state index contributed by atoms with van der Waals surface area (Å²) in [5.74, 6) is -1.73. The van der Waals surface area contributed by atoms with Gasteiger partial charge in [0.05, 0.1) is 0 Å². The van der Waals surface area contributed by atoms with E-state index in [1.807, 2.05) is 0 Å². The zero-order chi connectivity index (χ0) is 14.7. The van der Waals surface area contributed by atoms with Crippen molar-refractivity contribution in [1.29, 1.82) is 0 Å². The molecule has 1 atom stereocenters. The first-order valence-electron chi connectivity index (χ1n) is 6.08. The molecule has 0 aliphatic carbocycles. The van der Waals surface area contributed by atoms with E-state index in [2.05, 4.69) is 0 Å². The maximum Gasteiger partial charge on any atom is 0.127 e. The van der Waals surface area contributed by atoms with Gasteiger partial charge in [0.2, 0.25) is 0 Å². The van der Waals surface area contributed by atoms with Gasteiger partial charge in [0.1, 0.15) is 17.5 Å². The second-order valence-electron chi connectivity index (χ2n) is 4.68. The second kappa shape index (κ2) is 6.29. The van der Waals surface area contributed by atoms with Crippen molar-refractivity contribution in [2.75, 3.05) is 0 Å². The van der Waals surface area contributed by atoms with Crippen molar-refractivity contribution in [3.05, 3.63) is 70.0 Å². The lowest BCUT2D eigenvalue weighted by Crippen LogP contribution is -2.26. The molecule has 1 unspecified atom stereocenters. The molecule has 0 fully saturated rings. The van der Waals surface area contributed by atoms with Gasteiger partial charge in [0.25, 0.3) is 0 Å². The van der Waals surface area contributed by atoms with Crippen LogP contribution in [0.5, 0.6) is 0 Å². The summed E-state index contributed by atoms with van der Waals surface area (Å²) in [5, 5.41) is 0.312. The number of benzene rings is 2. The normalized spacial score (nSPS) is 12.4. The Hall–Kier alpha value is -1.52. The number of hydrogen-bond acceptors (Lipinski definition) is 1. The minimum absolute atomic E-state index is 0.261. The van der Waals surface area contributed by atoms with Crippen molar-refractivity contribution in [3.63, 3.8) is 0 Å². The zero-order valence-corrected chi connectivity index (χ0v) is 11.3. The lowest BCUT2D eigenvalue weighted by atomic mass is 9.99. The first-order chi connectivity index (χ1) is 9.44. The van der Waals surface area contributed by atoms with Gasteiger partial charge < -0.3 is 5.73 Å². The van der Waals surface area contributed by atoms with Gasteiger partial charge >= 0.3 is 0 Å². The molecule has 106 valence electrons. The molecule has 1 nitrogen and oxygen atoms in total. The van der Waals surface area contributed by atoms with Gasteiger partial charge in [-0.25, -0.2) is 13.2 Å². The van der Waals surface area contributed by atoms with Crippen LogP contribution in [0.4, 0.5) is 13.2 Å². The van der Waals surface area contributed by atoms with Gasteiger partial charge in [-0.1, -0.05) is 17.7 Å². The fourth-order valence-corrected chi connectivity index (χ4v) is 2.23. The van der Waals surface area contributed by atoms with Gasteiger partial charge in [-0.05, 0) is 48.2 Å². The molecule has 0 aliphatic rings. The Labute approximate surface area is 120 Å². The van der Waals surface area contributed by atoms with Crippen LogP contribution in [-0.2, 0) is 12.8 Å². The molecule has 0 amide bonds. The second-order valence-corrected chi connectivity index (χ2v) is 5.12. The lowest BCUT2D eigenvalue weighted by Gasteiger charge is -2.13. The third-order valence-electron chi connectivity index (χ3n) is 2.92. The van der Waals surface area contributed by atoms with Crippen LogP contribution in [0, 0.1) is 17.5 Å². The molecule has 0 aromatic heterocycles. The summed E-state index contributed by atoms with van der Waals surface area (Å²) >= 11 is 5.66. The Morgan fingerprint density at radius 3 is 2.20 bits per heavy atom. The molecule has 2 rings (SSSR count). The first kappa shape index (κ1) is 14.9. The highest BCUT2D eigenvalue weighted by Crippen LogP contribution is 2.17. The third kappa shape index (κ3) is 3.99. The SMILES string of the molecule is NC(Cc1cc(F)cc(F)c1)Cc1ccc(Cl)cc1F. The average molecular weight is 300 g/mol. The summed E-state index contributed by atoms with van der Waals surface area (Å²) in [4.78, 5) is 0. The fraction of sp³-hybridized carbons (Fsp3) is 0.200. The van der Waals surface area contributed by atoms with Gasteiger partial charge in [-0.3, -0.25) is 0 Å². The Morgan fingerprint density at radius 2 is 1.60 bits per heavy atom. The minimum Gasteiger partial charge on any atom is -0.327 e. The van der Waals surface area contributed by atoms with E-state index in [-0.39, 0.29) is 12.8 Å². The molecule has 5 heteroatoms. The van der Waals surface area contributed by atoms with E-state index in [1.54, 1.807) is 12.1 Å². The van der Waals surface area contributed by atoms with Gasteiger partial charge in [0.15, 0.2) is 0 Å². The molecule has 0 aliphatic heterocycles. The van der Waals surface area contributed by atoms with E-state index in [1.165, 1.54) is 18.2 Å². The van der Waals surface area contributed by atoms with E-state index >= 15 is 0 Å². The largest absolute Gasteiger partial charge is 0.327 e. The highest BCUT2D eigenvalue weighted by Gasteiger charge is 2.11. The zero-order valence-electron chi connectivity index (χ0n) is 10.5. The molecule has 0 radical (unpaired) electrons. The highest BCUT2D eigenvalue weighted by atomic mass is 35.5. The van der Waals surface area contributed by atoms with Crippen LogP contribution >= 0.6 is 11.6 Å². The third-order valence-corrected chi connectivity index (χ3v) is 3.15. The van der Waals surface area contributed by atoms with E-state index < -0.39 is 23.5 Å². The average Bonchev–Trinajstić information content (AvgIpc) is 2.31. The van der Waals surface area contributed by atoms with Crippen LogP contribution in [-0.4, -0.2) is 6.04 Å².